The first kappa shape index (κ1) is 20.8. The Hall–Kier alpha value is -1.95. The summed E-state index contributed by atoms with van der Waals surface area (Å²) in [4.78, 5) is 29.5. The first-order chi connectivity index (χ1) is 13.6. The Bertz CT molecular complexity index is 666. The Morgan fingerprint density at radius 2 is 1.68 bits per heavy atom. The van der Waals surface area contributed by atoms with Crippen molar-refractivity contribution in [1.82, 2.24) is 15.1 Å². The van der Waals surface area contributed by atoms with Gasteiger partial charge in [0.05, 0.1) is 0 Å². The number of piperazine rings is 1. The molecule has 28 heavy (non-hydrogen) atoms. The van der Waals surface area contributed by atoms with E-state index in [0.717, 1.165) is 58.4 Å². The van der Waals surface area contributed by atoms with Gasteiger partial charge in [0, 0.05) is 44.6 Å². The molecular formula is C22H32FN3O2. The standard InChI is InChI=1S/C22H32FN3O2/c1-2-25-13-15-26(16-14-25)22(28)19-9-7-18(8-10-19)21(27)24-12-11-17-5-3-4-6-20(17)23/h3-6,18-19H,2,7-16H2,1H3,(H,24,27). The first-order valence-corrected chi connectivity index (χ1v) is 10.6. The summed E-state index contributed by atoms with van der Waals surface area (Å²) in [7, 11) is 0. The number of carbonyl (C=O) groups excluding carboxylic acids is 2. The van der Waals surface area contributed by atoms with Gasteiger partial charge in [0.1, 0.15) is 5.82 Å². The smallest absolute Gasteiger partial charge is 0.225 e. The summed E-state index contributed by atoms with van der Waals surface area (Å²) >= 11 is 0. The van der Waals surface area contributed by atoms with Crippen molar-refractivity contribution in [1.29, 1.82) is 0 Å². The van der Waals surface area contributed by atoms with Gasteiger partial charge in [-0.3, -0.25) is 9.59 Å². The maximum absolute atomic E-state index is 13.6. The normalized spacial score (nSPS) is 23.4. The van der Waals surface area contributed by atoms with Gasteiger partial charge in [-0.05, 0) is 50.3 Å². The van der Waals surface area contributed by atoms with Crippen molar-refractivity contribution in [2.45, 2.75) is 39.0 Å². The lowest BCUT2D eigenvalue weighted by atomic mass is 9.80. The van der Waals surface area contributed by atoms with Gasteiger partial charge in [0.25, 0.3) is 0 Å². The largest absolute Gasteiger partial charge is 0.356 e. The van der Waals surface area contributed by atoms with Crippen molar-refractivity contribution in [2.24, 2.45) is 11.8 Å². The van der Waals surface area contributed by atoms with Crippen LogP contribution in [-0.4, -0.2) is 60.9 Å². The van der Waals surface area contributed by atoms with Gasteiger partial charge in [-0.2, -0.15) is 0 Å². The van der Waals surface area contributed by atoms with Crippen LogP contribution in [0.25, 0.3) is 0 Å². The van der Waals surface area contributed by atoms with Gasteiger partial charge in [-0.1, -0.05) is 25.1 Å². The second kappa shape index (κ2) is 10.0. The molecule has 0 bridgehead atoms. The number of nitrogens with one attached hydrogen (secondary N) is 1. The zero-order chi connectivity index (χ0) is 19.9. The van der Waals surface area contributed by atoms with E-state index in [1.807, 2.05) is 4.90 Å². The number of nitrogens with zero attached hydrogens (tertiary/aromatic N) is 2. The molecule has 1 aliphatic carbocycles. The molecule has 2 aliphatic rings. The minimum atomic E-state index is -0.226. The van der Waals surface area contributed by atoms with E-state index in [1.165, 1.54) is 6.07 Å². The molecule has 1 aliphatic heterocycles. The maximum Gasteiger partial charge on any atom is 0.225 e. The lowest BCUT2D eigenvalue weighted by Gasteiger charge is -2.37. The molecule has 0 aromatic heterocycles. The molecule has 5 nitrogen and oxygen atoms in total. The van der Waals surface area contributed by atoms with Crippen LogP contribution in [0.4, 0.5) is 4.39 Å². The second-order valence-corrected chi connectivity index (χ2v) is 7.94. The Morgan fingerprint density at radius 1 is 1.04 bits per heavy atom. The van der Waals surface area contributed by atoms with Crippen molar-refractivity contribution in [3.05, 3.63) is 35.6 Å². The van der Waals surface area contributed by atoms with E-state index in [0.29, 0.717) is 18.5 Å². The zero-order valence-corrected chi connectivity index (χ0v) is 16.8. The lowest BCUT2D eigenvalue weighted by molar-refractivity contribution is -0.140. The number of carbonyl (C=O) groups is 2. The molecule has 1 saturated heterocycles. The highest BCUT2D eigenvalue weighted by Gasteiger charge is 2.33. The fourth-order valence-electron chi connectivity index (χ4n) is 4.31. The fourth-order valence-corrected chi connectivity index (χ4v) is 4.31. The van der Waals surface area contributed by atoms with Crippen LogP contribution in [0.15, 0.2) is 24.3 Å². The van der Waals surface area contributed by atoms with Gasteiger partial charge in [0.15, 0.2) is 0 Å². The quantitative estimate of drug-likeness (QED) is 0.813. The van der Waals surface area contributed by atoms with E-state index in [2.05, 4.69) is 17.1 Å². The molecule has 1 aromatic rings. The number of rotatable bonds is 6. The summed E-state index contributed by atoms with van der Waals surface area (Å²) in [5.74, 6) is 0.126. The van der Waals surface area contributed by atoms with Crippen LogP contribution >= 0.6 is 0 Å². The number of hydrogen-bond donors (Lipinski definition) is 1. The molecule has 1 heterocycles. The minimum Gasteiger partial charge on any atom is -0.356 e. The van der Waals surface area contributed by atoms with Crippen LogP contribution in [0.3, 0.4) is 0 Å². The Morgan fingerprint density at radius 3 is 2.32 bits per heavy atom. The van der Waals surface area contributed by atoms with Crippen molar-refractivity contribution in [2.75, 3.05) is 39.3 Å². The summed E-state index contributed by atoms with van der Waals surface area (Å²) in [6.07, 6.45) is 3.60. The van der Waals surface area contributed by atoms with E-state index in [-0.39, 0.29) is 29.5 Å². The van der Waals surface area contributed by atoms with Gasteiger partial charge in [0.2, 0.25) is 11.8 Å². The van der Waals surface area contributed by atoms with Crippen LogP contribution < -0.4 is 5.32 Å². The third-order valence-electron chi connectivity index (χ3n) is 6.23. The molecule has 0 radical (unpaired) electrons. The number of hydrogen-bond acceptors (Lipinski definition) is 3. The predicted molar refractivity (Wildman–Crippen MR) is 107 cm³/mol. The third kappa shape index (κ3) is 5.31. The number of likely N-dealkylation sites (N-methyl/N-ethyl adjacent to an activating group) is 1. The van der Waals surface area contributed by atoms with Gasteiger partial charge in [-0.25, -0.2) is 4.39 Å². The Labute approximate surface area is 167 Å². The van der Waals surface area contributed by atoms with E-state index in [4.69, 9.17) is 0 Å². The average molecular weight is 390 g/mol. The van der Waals surface area contributed by atoms with Crippen molar-refractivity contribution < 1.29 is 14.0 Å². The highest BCUT2D eigenvalue weighted by molar-refractivity contribution is 5.81. The number of halogens is 1. The van der Waals surface area contributed by atoms with E-state index in [9.17, 15) is 14.0 Å². The van der Waals surface area contributed by atoms with Gasteiger partial charge in [-0.15, -0.1) is 0 Å². The highest BCUT2D eigenvalue weighted by atomic mass is 19.1. The average Bonchev–Trinajstić information content (AvgIpc) is 2.74. The lowest BCUT2D eigenvalue weighted by Crippen LogP contribution is -2.50. The van der Waals surface area contributed by atoms with E-state index in [1.54, 1.807) is 18.2 Å². The third-order valence-corrected chi connectivity index (χ3v) is 6.23. The SMILES string of the molecule is CCN1CCN(C(=O)C2CCC(C(=O)NCCc3ccccc3F)CC2)CC1. The molecule has 1 N–H and O–H groups in total. The van der Waals surface area contributed by atoms with Crippen molar-refractivity contribution >= 4 is 11.8 Å². The summed E-state index contributed by atoms with van der Waals surface area (Å²) in [5, 5.41) is 2.94. The van der Waals surface area contributed by atoms with Crippen molar-refractivity contribution in [3.8, 4) is 0 Å². The topological polar surface area (TPSA) is 52.7 Å². The molecule has 2 amide bonds. The molecule has 0 atom stereocenters. The molecule has 154 valence electrons. The van der Waals surface area contributed by atoms with Crippen LogP contribution in [0.2, 0.25) is 0 Å². The molecule has 0 unspecified atom stereocenters. The molecule has 1 aromatic carbocycles. The first-order valence-electron chi connectivity index (χ1n) is 10.6. The summed E-state index contributed by atoms with van der Waals surface area (Å²) in [6, 6.07) is 6.66. The fraction of sp³-hybridized carbons (Fsp3) is 0.636. The van der Waals surface area contributed by atoms with E-state index < -0.39 is 0 Å². The monoisotopic (exact) mass is 389 g/mol. The van der Waals surface area contributed by atoms with Crippen LogP contribution in [0.1, 0.15) is 38.2 Å². The Kier molecular flexibility index (Phi) is 7.43. The molecule has 3 rings (SSSR count). The molecule has 0 spiro atoms. The summed E-state index contributed by atoms with van der Waals surface area (Å²) in [6.45, 7) is 7.20. The van der Waals surface area contributed by atoms with Crippen LogP contribution in [0, 0.1) is 17.7 Å². The zero-order valence-electron chi connectivity index (χ0n) is 16.8. The minimum absolute atomic E-state index is 0.0263. The molecule has 6 heteroatoms. The van der Waals surface area contributed by atoms with Crippen LogP contribution in [-0.2, 0) is 16.0 Å². The molecular weight excluding hydrogens is 357 g/mol. The van der Waals surface area contributed by atoms with E-state index >= 15 is 0 Å². The van der Waals surface area contributed by atoms with Gasteiger partial charge >= 0.3 is 0 Å². The van der Waals surface area contributed by atoms with Crippen molar-refractivity contribution in [3.63, 3.8) is 0 Å². The number of amides is 2. The Balaban J connectivity index is 1.38. The van der Waals surface area contributed by atoms with Gasteiger partial charge < -0.3 is 15.1 Å². The predicted octanol–water partition coefficient (Wildman–Crippen LogP) is 2.45. The number of benzene rings is 1. The highest BCUT2D eigenvalue weighted by Crippen LogP contribution is 2.30. The molecule has 1 saturated carbocycles. The summed E-state index contributed by atoms with van der Waals surface area (Å²) < 4.78 is 13.6. The van der Waals surface area contributed by atoms with Crippen LogP contribution in [0.5, 0.6) is 0 Å². The second-order valence-electron chi connectivity index (χ2n) is 7.94. The maximum atomic E-state index is 13.6. The molecule has 2 fully saturated rings. The summed E-state index contributed by atoms with van der Waals surface area (Å²) in [5.41, 5.74) is 0.625.